The summed E-state index contributed by atoms with van der Waals surface area (Å²) in [4.78, 5) is 31.8. The molecule has 6 heterocycles. The van der Waals surface area contributed by atoms with Gasteiger partial charge in [-0.3, -0.25) is 0 Å². The maximum absolute atomic E-state index is 5.46. The fourth-order valence-electron chi connectivity index (χ4n) is 16.2. The van der Waals surface area contributed by atoms with Crippen molar-refractivity contribution in [1.82, 2.24) is 29.9 Å². The van der Waals surface area contributed by atoms with Gasteiger partial charge in [0.2, 0.25) is 0 Å². The Morgan fingerprint density at radius 1 is 0.143 bits per heavy atom. The van der Waals surface area contributed by atoms with Crippen LogP contribution < -0.4 is 0 Å². The van der Waals surface area contributed by atoms with E-state index in [2.05, 4.69) is 340 Å². The molecule has 22 rings (SSSR count). The Morgan fingerprint density at radius 3 is 1.00 bits per heavy atom. The molecule has 0 atom stereocenters. The number of thiophene rings is 4. The van der Waals surface area contributed by atoms with E-state index in [0.717, 1.165) is 71.5 Å². The van der Waals surface area contributed by atoms with Crippen LogP contribution in [0.1, 0.15) is 0 Å². The lowest BCUT2D eigenvalue weighted by Crippen LogP contribution is -2.00. The van der Waals surface area contributed by atoms with Crippen LogP contribution >= 0.6 is 45.3 Å². The summed E-state index contributed by atoms with van der Waals surface area (Å²) in [6, 6.07) is 131. The van der Waals surface area contributed by atoms with Gasteiger partial charge in [-0.1, -0.05) is 309 Å². The van der Waals surface area contributed by atoms with Crippen LogP contribution in [0.2, 0.25) is 0 Å². The molecule has 0 N–H and O–H groups in total. The minimum absolute atomic E-state index is 0.598. The third-order valence-corrected chi connectivity index (χ3v) is 26.3. The van der Waals surface area contributed by atoms with Gasteiger partial charge in [0.25, 0.3) is 0 Å². The monoisotopic (exact) mass is 1500 g/mol. The lowest BCUT2D eigenvalue weighted by Gasteiger charge is -2.11. The second-order valence-electron chi connectivity index (χ2n) is 28.3. The zero-order valence-corrected chi connectivity index (χ0v) is 63.2. The second kappa shape index (κ2) is 27.2. The molecule has 0 fully saturated rings. The maximum Gasteiger partial charge on any atom is 0.164 e. The van der Waals surface area contributed by atoms with Gasteiger partial charge in [-0.2, -0.15) is 0 Å². The first-order valence-electron chi connectivity index (χ1n) is 37.4. The van der Waals surface area contributed by atoms with Gasteiger partial charge in [-0.05, 0) is 121 Å². The van der Waals surface area contributed by atoms with Crippen molar-refractivity contribution >= 4 is 126 Å². The smallest absolute Gasteiger partial charge is 0.164 e. The van der Waals surface area contributed by atoms with Crippen LogP contribution in [-0.4, -0.2) is 29.9 Å². The van der Waals surface area contributed by atoms with E-state index in [-0.39, 0.29) is 0 Å². The summed E-state index contributed by atoms with van der Waals surface area (Å²) < 4.78 is 9.83. The highest BCUT2D eigenvalue weighted by Gasteiger charge is 2.24. The molecule has 0 radical (unpaired) electrons. The van der Waals surface area contributed by atoms with Gasteiger partial charge in [0.15, 0.2) is 34.9 Å². The van der Waals surface area contributed by atoms with Gasteiger partial charge in [0.1, 0.15) is 0 Å². The van der Waals surface area contributed by atoms with Crippen LogP contribution in [0.5, 0.6) is 0 Å². The van der Waals surface area contributed by atoms with E-state index in [4.69, 9.17) is 29.9 Å². The zero-order valence-electron chi connectivity index (χ0n) is 60.0. The van der Waals surface area contributed by atoms with Crippen LogP contribution in [0.3, 0.4) is 0 Å². The summed E-state index contributed by atoms with van der Waals surface area (Å²) in [5, 5.41) is 9.87. The van der Waals surface area contributed by atoms with Gasteiger partial charge in [0.05, 0.1) is 0 Å². The predicted octanol–water partition coefficient (Wildman–Crippen LogP) is 29.2. The Bertz CT molecular complexity index is 7500. The topological polar surface area (TPSA) is 77.3 Å². The van der Waals surface area contributed by atoms with Crippen LogP contribution in [0, 0.1) is 0 Å². The number of benzene rings is 16. The van der Waals surface area contributed by atoms with Gasteiger partial charge in [-0.25, -0.2) is 29.9 Å². The highest BCUT2D eigenvalue weighted by Crippen LogP contribution is 2.52. The Labute approximate surface area is 661 Å². The number of fused-ring (bicyclic) bond motifs is 12. The van der Waals surface area contributed by atoms with E-state index in [9.17, 15) is 0 Å². The van der Waals surface area contributed by atoms with E-state index in [0.29, 0.717) is 34.9 Å². The Kier molecular flexibility index (Phi) is 15.9. The predicted molar refractivity (Wildman–Crippen MR) is 475 cm³/mol. The molecule has 0 spiro atoms. The van der Waals surface area contributed by atoms with Crippen molar-refractivity contribution < 1.29 is 0 Å². The summed E-state index contributed by atoms with van der Waals surface area (Å²) in [5.74, 6) is 3.69. The quantitative estimate of drug-likeness (QED) is 0.114. The van der Waals surface area contributed by atoms with Crippen LogP contribution in [0.4, 0.5) is 0 Å². The molecule has 0 unspecified atom stereocenters. The minimum Gasteiger partial charge on any atom is -0.208 e. The van der Waals surface area contributed by atoms with Gasteiger partial charge >= 0.3 is 0 Å². The first kappa shape index (κ1) is 65.5. The van der Waals surface area contributed by atoms with Crippen molar-refractivity contribution in [3.63, 3.8) is 0 Å². The van der Waals surface area contributed by atoms with Crippen molar-refractivity contribution in [2.75, 3.05) is 0 Å². The molecule has 0 aliphatic heterocycles. The molecule has 0 saturated heterocycles. The van der Waals surface area contributed by atoms with E-state index < -0.39 is 0 Å². The largest absolute Gasteiger partial charge is 0.208 e. The van der Waals surface area contributed by atoms with Crippen molar-refractivity contribution in [2.24, 2.45) is 0 Å². The molecular formula is C102H60N6S4. The fourth-order valence-corrected chi connectivity index (χ4v) is 21.2. The van der Waals surface area contributed by atoms with Crippen LogP contribution in [0.25, 0.3) is 227 Å². The summed E-state index contributed by atoms with van der Waals surface area (Å²) in [6.45, 7) is 0. The molecular weight excluding hydrogens is 1440 g/mol. The molecule has 16 aromatic carbocycles. The first-order chi connectivity index (χ1) is 55.4. The normalized spacial score (nSPS) is 11.8. The Hall–Kier alpha value is -13.6. The first-order valence-corrected chi connectivity index (χ1v) is 40.7. The summed E-state index contributed by atoms with van der Waals surface area (Å²) in [7, 11) is 0. The van der Waals surface area contributed by atoms with E-state index >= 15 is 0 Å². The molecule has 10 heteroatoms. The Morgan fingerprint density at radius 2 is 0.473 bits per heavy atom. The number of hydrogen-bond acceptors (Lipinski definition) is 10. The molecule has 0 amide bonds. The highest BCUT2D eigenvalue weighted by molar-refractivity contribution is 7.28. The summed E-state index contributed by atoms with van der Waals surface area (Å²) in [6.07, 6.45) is 0. The van der Waals surface area contributed by atoms with Crippen molar-refractivity contribution in [3.05, 3.63) is 364 Å². The maximum atomic E-state index is 5.46. The standard InChI is InChI=1S/C102H60N6S4/c1-6-23-61(24-7-1)66-33-18-36-70(53-66)98-103-97(65-31-14-5-15-32-65)104-101(106-98)73-46-48-77-80-40-21-42-82(94(80)110-88(77)58-73)79-52-51-76(64-29-12-4-13-30-64)96-93(79)85-50-45-69(57-90(85)112-96)68-35-20-38-72(55-68)100-105-99(71-37-19-34-67(54-71)62-25-8-2-9-26-62)107-102(108-100)74-47-49-78-81-41-22-43-83(95(81)111-89(78)59-74)86-56-75(63-27-10-3-11-28-63)60-91-92(86)84-39-16-17-44-87(84)109-91/h1-60H. The fraction of sp³-hybridized carbons (Fsp3) is 0. The third-order valence-electron chi connectivity index (χ3n) is 21.6. The minimum atomic E-state index is 0.598. The second-order valence-corrected chi connectivity index (χ2v) is 32.6. The highest BCUT2D eigenvalue weighted by atomic mass is 32.1. The number of hydrogen-bond donors (Lipinski definition) is 0. The molecule has 6 aromatic heterocycles. The summed E-state index contributed by atoms with van der Waals surface area (Å²) in [5.41, 5.74) is 21.8. The Balaban J connectivity index is 0.648. The molecule has 0 aliphatic carbocycles. The van der Waals surface area contributed by atoms with E-state index in [1.165, 1.54) is 120 Å². The average Bonchev–Trinajstić information content (AvgIpc) is 1.57. The zero-order chi connectivity index (χ0) is 73.7. The molecule has 0 saturated carbocycles. The molecule has 6 nitrogen and oxygen atoms in total. The van der Waals surface area contributed by atoms with E-state index in [1.54, 1.807) is 0 Å². The van der Waals surface area contributed by atoms with Crippen LogP contribution in [-0.2, 0) is 0 Å². The van der Waals surface area contributed by atoms with Gasteiger partial charge < -0.3 is 0 Å². The van der Waals surface area contributed by atoms with Crippen molar-refractivity contribution in [1.29, 1.82) is 0 Å². The van der Waals surface area contributed by atoms with Gasteiger partial charge in [-0.15, -0.1) is 45.3 Å². The lowest BCUT2D eigenvalue weighted by molar-refractivity contribution is 1.07. The number of aromatic nitrogens is 6. The average molecular weight is 1500 g/mol. The van der Waals surface area contributed by atoms with Gasteiger partial charge in [0, 0.05) is 125 Å². The number of nitrogens with zero attached hydrogens (tertiary/aromatic N) is 6. The molecule has 112 heavy (non-hydrogen) atoms. The molecule has 522 valence electrons. The van der Waals surface area contributed by atoms with E-state index in [1.807, 2.05) is 69.6 Å². The van der Waals surface area contributed by atoms with Crippen molar-refractivity contribution in [3.8, 4) is 146 Å². The van der Waals surface area contributed by atoms with Crippen LogP contribution in [0.15, 0.2) is 364 Å². The molecule has 0 aliphatic rings. The SMILES string of the molecule is c1ccc(-c2cccc(-c3nc(-c4cccc(-c5ccc6c(c5)sc5c(-c7ccccc7)ccc(-c7cccc8c7sc7cc(-c9nc(-c%10ccccc%10)nc(-c%10cccc(-c%11ccccc%11)c%10)n9)ccc78)c56)c4)nc(-c4ccc5c(c4)sc4c(-c6cc(-c7ccccc7)cc7sc8ccccc8c67)cccc45)n3)c2)cc1. The van der Waals surface area contributed by atoms with Crippen molar-refractivity contribution in [2.45, 2.75) is 0 Å². The summed E-state index contributed by atoms with van der Waals surface area (Å²) >= 11 is 7.40. The lowest BCUT2D eigenvalue weighted by atomic mass is 9.93. The third kappa shape index (κ3) is 11.6. The molecule has 0 bridgehead atoms. The number of rotatable bonds is 13. The molecule has 22 aromatic rings.